The number of carbonyl (C=O) groups is 1. The van der Waals surface area contributed by atoms with Crippen LogP contribution in [0, 0.1) is 0 Å². The van der Waals surface area contributed by atoms with E-state index in [0.717, 1.165) is 15.8 Å². The van der Waals surface area contributed by atoms with E-state index in [2.05, 4.69) is 21.2 Å². The first kappa shape index (κ1) is 15.4. The predicted octanol–water partition coefficient (Wildman–Crippen LogP) is 3.53. The van der Waals surface area contributed by atoms with Crippen LogP contribution in [0.4, 0.5) is 5.69 Å². The van der Waals surface area contributed by atoms with E-state index in [1.807, 2.05) is 31.2 Å². The molecule has 1 atom stereocenters. The summed E-state index contributed by atoms with van der Waals surface area (Å²) < 4.78 is 5.96. The summed E-state index contributed by atoms with van der Waals surface area (Å²) in [6.07, 6.45) is 0. The molecule has 0 heterocycles. The number of benzene rings is 2. The van der Waals surface area contributed by atoms with Gasteiger partial charge in [-0.15, -0.1) is 0 Å². The number of nitrogen functional groups attached to an aromatic ring is 1. The third kappa shape index (κ3) is 3.76. The highest BCUT2D eigenvalue weighted by atomic mass is 79.9. The van der Waals surface area contributed by atoms with Crippen LogP contribution in [0.15, 0.2) is 46.9 Å². The minimum absolute atomic E-state index is 0.119. The molecule has 0 aromatic heterocycles. The summed E-state index contributed by atoms with van der Waals surface area (Å²) in [5, 5.41) is 2.94. The van der Waals surface area contributed by atoms with Gasteiger partial charge < -0.3 is 15.8 Å². The molecule has 2 aromatic rings. The van der Waals surface area contributed by atoms with Crippen molar-refractivity contribution >= 4 is 27.5 Å². The van der Waals surface area contributed by atoms with Crippen LogP contribution in [0.5, 0.6) is 5.75 Å². The van der Waals surface area contributed by atoms with Crippen LogP contribution in [0.1, 0.15) is 28.9 Å². The summed E-state index contributed by atoms with van der Waals surface area (Å²) >= 11 is 3.32. The molecular weight excluding hydrogens is 332 g/mol. The summed E-state index contributed by atoms with van der Waals surface area (Å²) in [5.41, 5.74) is 7.79. The van der Waals surface area contributed by atoms with Crippen molar-refractivity contribution in [2.75, 3.05) is 12.8 Å². The van der Waals surface area contributed by atoms with Crippen molar-refractivity contribution in [1.82, 2.24) is 5.32 Å². The van der Waals surface area contributed by atoms with Gasteiger partial charge >= 0.3 is 0 Å². The Morgan fingerprint density at radius 3 is 2.48 bits per heavy atom. The molecule has 0 aliphatic rings. The van der Waals surface area contributed by atoms with E-state index in [9.17, 15) is 4.79 Å². The number of amides is 1. The number of nitrogens with two attached hydrogens (primary N) is 1. The van der Waals surface area contributed by atoms with Gasteiger partial charge in [0.2, 0.25) is 0 Å². The van der Waals surface area contributed by atoms with Crippen molar-refractivity contribution in [2.24, 2.45) is 0 Å². The molecular formula is C16H17BrN2O2. The molecule has 4 nitrogen and oxygen atoms in total. The highest BCUT2D eigenvalue weighted by Crippen LogP contribution is 2.21. The maximum absolute atomic E-state index is 12.3. The molecule has 2 aromatic carbocycles. The Bertz CT molecular complexity index is 641. The van der Waals surface area contributed by atoms with Crippen molar-refractivity contribution in [1.29, 1.82) is 0 Å². The zero-order chi connectivity index (χ0) is 15.4. The summed E-state index contributed by atoms with van der Waals surface area (Å²) in [7, 11) is 1.62. The van der Waals surface area contributed by atoms with Crippen LogP contribution in [0.25, 0.3) is 0 Å². The predicted molar refractivity (Wildman–Crippen MR) is 87.4 cm³/mol. The minimum atomic E-state index is -0.191. The van der Waals surface area contributed by atoms with Crippen molar-refractivity contribution in [3.63, 3.8) is 0 Å². The van der Waals surface area contributed by atoms with Crippen molar-refractivity contribution < 1.29 is 9.53 Å². The fourth-order valence-electron chi connectivity index (χ4n) is 1.99. The molecule has 110 valence electrons. The Morgan fingerprint density at radius 1 is 1.24 bits per heavy atom. The van der Waals surface area contributed by atoms with E-state index in [0.29, 0.717) is 11.3 Å². The molecule has 0 radical (unpaired) electrons. The van der Waals surface area contributed by atoms with Gasteiger partial charge in [0.15, 0.2) is 0 Å². The first-order chi connectivity index (χ1) is 10.0. The number of halogens is 1. The van der Waals surface area contributed by atoms with E-state index in [1.54, 1.807) is 25.3 Å². The summed E-state index contributed by atoms with van der Waals surface area (Å²) in [4.78, 5) is 12.3. The third-order valence-corrected chi connectivity index (χ3v) is 3.71. The fourth-order valence-corrected chi connectivity index (χ4v) is 2.37. The smallest absolute Gasteiger partial charge is 0.253 e. The van der Waals surface area contributed by atoms with Crippen LogP contribution >= 0.6 is 15.9 Å². The molecule has 0 aliphatic heterocycles. The van der Waals surface area contributed by atoms with Gasteiger partial charge in [0.1, 0.15) is 5.75 Å². The number of hydrogen-bond acceptors (Lipinski definition) is 3. The van der Waals surface area contributed by atoms with Crippen LogP contribution in [-0.4, -0.2) is 13.0 Å². The van der Waals surface area contributed by atoms with Crippen LogP contribution in [0.3, 0.4) is 0 Å². The molecule has 21 heavy (non-hydrogen) atoms. The molecule has 0 bridgehead atoms. The second kappa shape index (κ2) is 6.63. The quantitative estimate of drug-likeness (QED) is 0.830. The number of hydrogen-bond donors (Lipinski definition) is 2. The zero-order valence-electron chi connectivity index (χ0n) is 11.9. The first-order valence-corrected chi connectivity index (χ1v) is 7.30. The number of ether oxygens (including phenoxy) is 1. The zero-order valence-corrected chi connectivity index (χ0v) is 13.5. The SMILES string of the molecule is COc1ccc(C(C)NC(=O)c2ccc(Br)cc2N)cc1. The molecule has 0 aliphatic carbocycles. The minimum Gasteiger partial charge on any atom is -0.497 e. The Kier molecular flexibility index (Phi) is 4.85. The third-order valence-electron chi connectivity index (χ3n) is 3.22. The van der Waals surface area contributed by atoms with Gasteiger partial charge in [0, 0.05) is 10.2 Å². The normalized spacial score (nSPS) is 11.8. The van der Waals surface area contributed by atoms with E-state index in [1.165, 1.54) is 0 Å². The molecule has 3 N–H and O–H groups in total. The van der Waals surface area contributed by atoms with Gasteiger partial charge in [-0.05, 0) is 42.8 Å². The highest BCUT2D eigenvalue weighted by Gasteiger charge is 2.14. The Balaban J connectivity index is 2.10. The van der Waals surface area contributed by atoms with Gasteiger partial charge in [0.25, 0.3) is 5.91 Å². The summed E-state index contributed by atoms with van der Waals surface area (Å²) in [5.74, 6) is 0.595. The van der Waals surface area contributed by atoms with Gasteiger partial charge in [-0.25, -0.2) is 0 Å². The second-order valence-corrected chi connectivity index (χ2v) is 5.62. The Labute approximate surface area is 132 Å². The standard InChI is InChI=1S/C16H17BrN2O2/c1-10(11-3-6-13(21-2)7-4-11)19-16(20)14-8-5-12(17)9-15(14)18/h3-10H,18H2,1-2H3,(H,19,20). The summed E-state index contributed by atoms with van der Waals surface area (Å²) in [6, 6.07) is 12.7. The lowest BCUT2D eigenvalue weighted by atomic mass is 10.1. The topological polar surface area (TPSA) is 64.3 Å². The maximum atomic E-state index is 12.3. The molecule has 1 amide bonds. The maximum Gasteiger partial charge on any atom is 0.253 e. The number of rotatable bonds is 4. The summed E-state index contributed by atoms with van der Waals surface area (Å²) in [6.45, 7) is 1.93. The van der Waals surface area contributed by atoms with Crippen molar-refractivity contribution in [3.05, 3.63) is 58.1 Å². The molecule has 0 saturated carbocycles. The van der Waals surface area contributed by atoms with Crippen LogP contribution < -0.4 is 15.8 Å². The molecule has 5 heteroatoms. The number of methoxy groups -OCH3 is 1. The number of carbonyl (C=O) groups excluding carboxylic acids is 1. The van der Waals surface area contributed by atoms with Gasteiger partial charge in [-0.2, -0.15) is 0 Å². The average Bonchev–Trinajstić information content (AvgIpc) is 2.47. The highest BCUT2D eigenvalue weighted by molar-refractivity contribution is 9.10. The number of anilines is 1. The molecule has 1 unspecified atom stereocenters. The van der Waals surface area contributed by atoms with Crippen LogP contribution in [0.2, 0.25) is 0 Å². The number of nitrogens with one attached hydrogen (secondary N) is 1. The lowest BCUT2D eigenvalue weighted by Crippen LogP contribution is -2.27. The Hall–Kier alpha value is -2.01. The largest absolute Gasteiger partial charge is 0.497 e. The molecule has 0 saturated heterocycles. The molecule has 2 rings (SSSR count). The van der Waals surface area contributed by atoms with E-state index in [-0.39, 0.29) is 11.9 Å². The van der Waals surface area contributed by atoms with E-state index >= 15 is 0 Å². The van der Waals surface area contributed by atoms with E-state index < -0.39 is 0 Å². The first-order valence-electron chi connectivity index (χ1n) is 6.51. The molecule has 0 spiro atoms. The fraction of sp³-hybridized carbons (Fsp3) is 0.188. The Morgan fingerprint density at radius 2 is 1.90 bits per heavy atom. The van der Waals surface area contributed by atoms with Crippen molar-refractivity contribution in [3.8, 4) is 5.75 Å². The second-order valence-electron chi connectivity index (χ2n) is 4.70. The molecule has 0 fully saturated rings. The van der Waals surface area contributed by atoms with Gasteiger partial charge in [-0.3, -0.25) is 4.79 Å². The van der Waals surface area contributed by atoms with Crippen LogP contribution in [-0.2, 0) is 0 Å². The van der Waals surface area contributed by atoms with Gasteiger partial charge in [-0.1, -0.05) is 28.1 Å². The van der Waals surface area contributed by atoms with Gasteiger partial charge in [0.05, 0.1) is 18.7 Å². The van der Waals surface area contributed by atoms with E-state index in [4.69, 9.17) is 10.5 Å². The lowest BCUT2D eigenvalue weighted by Gasteiger charge is -2.15. The van der Waals surface area contributed by atoms with Crippen molar-refractivity contribution in [2.45, 2.75) is 13.0 Å². The average molecular weight is 349 g/mol. The monoisotopic (exact) mass is 348 g/mol. The lowest BCUT2D eigenvalue weighted by molar-refractivity contribution is 0.0941.